The number of aromatic nitrogens is 2. The zero-order valence-electron chi connectivity index (χ0n) is 11.3. The number of likely N-dealkylation sites (tertiary alicyclic amines) is 1. The molecule has 1 aliphatic heterocycles. The van der Waals surface area contributed by atoms with Crippen molar-refractivity contribution in [2.75, 3.05) is 13.1 Å². The quantitative estimate of drug-likeness (QED) is 0.784. The van der Waals surface area contributed by atoms with Crippen LogP contribution in [0.15, 0.2) is 16.9 Å². The molecule has 6 heteroatoms. The maximum Gasteiger partial charge on any atom is 0.274 e. The van der Waals surface area contributed by atoms with Gasteiger partial charge in [-0.25, -0.2) is 4.68 Å². The van der Waals surface area contributed by atoms with Gasteiger partial charge in [-0.05, 0) is 32.3 Å². The lowest BCUT2D eigenvalue weighted by Crippen LogP contribution is -2.35. The van der Waals surface area contributed by atoms with Crippen LogP contribution in [0, 0.1) is 0 Å². The molecule has 1 atom stereocenters. The topological polar surface area (TPSA) is 75.4 Å². The van der Waals surface area contributed by atoms with Gasteiger partial charge in [-0.15, -0.1) is 0 Å². The van der Waals surface area contributed by atoms with Crippen molar-refractivity contribution in [3.8, 4) is 0 Å². The van der Waals surface area contributed by atoms with Crippen LogP contribution in [-0.4, -0.2) is 44.4 Å². The van der Waals surface area contributed by atoms with Gasteiger partial charge in [0.1, 0.15) is 5.69 Å². The van der Waals surface area contributed by atoms with Gasteiger partial charge in [-0.3, -0.25) is 9.59 Å². The fourth-order valence-electron chi connectivity index (χ4n) is 2.24. The first kappa shape index (κ1) is 13.7. The molecule has 1 aromatic rings. The Morgan fingerprint density at radius 2 is 2.11 bits per heavy atom. The Hall–Kier alpha value is -1.69. The van der Waals surface area contributed by atoms with Crippen LogP contribution >= 0.6 is 0 Å². The van der Waals surface area contributed by atoms with Crippen molar-refractivity contribution in [2.24, 2.45) is 7.05 Å². The highest BCUT2D eigenvalue weighted by molar-refractivity contribution is 5.92. The van der Waals surface area contributed by atoms with Crippen molar-refractivity contribution in [1.82, 2.24) is 14.7 Å². The fraction of sp³-hybridized carbons (Fsp3) is 0.615. The molecule has 1 unspecified atom stereocenters. The summed E-state index contributed by atoms with van der Waals surface area (Å²) in [6, 6.07) is 2.79. The Morgan fingerprint density at radius 1 is 1.37 bits per heavy atom. The second-order valence-corrected chi connectivity index (χ2v) is 5.32. The van der Waals surface area contributed by atoms with E-state index >= 15 is 0 Å². The third-order valence-corrected chi connectivity index (χ3v) is 3.53. The van der Waals surface area contributed by atoms with Crippen LogP contribution in [0.4, 0.5) is 0 Å². The van der Waals surface area contributed by atoms with Crippen LogP contribution in [0.5, 0.6) is 0 Å². The molecule has 0 aliphatic carbocycles. The normalized spacial score (nSPS) is 24.1. The molecular formula is C13H19N3O3. The number of hydrogen-bond donors (Lipinski definition) is 1. The molecular weight excluding hydrogens is 246 g/mol. The van der Waals surface area contributed by atoms with E-state index in [4.69, 9.17) is 0 Å². The van der Waals surface area contributed by atoms with E-state index in [0.717, 1.165) is 11.1 Å². The maximum absolute atomic E-state index is 12.3. The summed E-state index contributed by atoms with van der Waals surface area (Å²) in [5, 5.41) is 14.0. The first-order chi connectivity index (χ1) is 8.89. The highest BCUT2D eigenvalue weighted by Crippen LogP contribution is 2.21. The molecule has 0 bridgehead atoms. The van der Waals surface area contributed by atoms with E-state index in [2.05, 4.69) is 5.10 Å². The second-order valence-electron chi connectivity index (χ2n) is 5.32. The molecule has 1 saturated heterocycles. The molecule has 2 heterocycles. The van der Waals surface area contributed by atoms with E-state index in [1.807, 2.05) is 0 Å². The summed E-state index contributed by atoms with van der Waals surface area (Å²) in [6.07, 6.45) is 2.02. The summed E-state index contributed by atoms with van der Waals surface area (Å²) in [4.78, 5) is 25.2. The van der Waals surface area contributed by atoms with Crippen molar-refractivity contribution < 1.29 is 9.90 Å². The monoisotopic (exact) mass is 265 g/mol. The summed E-state index contributed by atoms with van der Waals surface area (Å²) in [7, 11) is 1.52. The lowest BCUT2D eigenvalue weighted by molar-refractivity contribution is 0.0437. The predicted octanol–water partition coefficient (Wildman–Crippen LogP) is 0.157. The first-order valence-corrected chi connectivity index (χ1v) is 6.45. The van der Waals surface area contributed by atoms with Crippen LogP contribution in [0.25, 0.3) is 0 Å². The lowest BCUT2D eigenvalue weighted by Gasteiger charge is -2.22. The number of nitrogens with zero attached hydrogens (tertiary/aromatic N) is 3. The smallest absolute Gasteiger partial charge is 0.274 e. The molecule has 0 saturated carbocycles. The third kappa shape index (κ3) is 3.20. The summed E-state index contributed by atoms with van der Waals surface area (Å²) < 4.78 is 1.15. The molecule has 2 rings (SSSR count). The van der Waals surface area contributed by atoms with Gasteiger partial charge < -0.3 is 10.0 Å². The van der Waals surface area contributed by atoms with E-state index in [-0.39, 0.29) is 17.2 Å². The van der Waals surface area contributed by atoms with Gasteiger partial charge in [0.05, 0.1) is 5.60 Å². The highest BCUT2D eigenvalue weighted by Gasteiger charge is 2.28. The number of carbonyl (C=O) groups is 1. The van der Waals surface area contributed by atoms with Gasteiger partial charge in [0.2, 0.25) is 0 Å². The summed E-state index contributed by atoms with van der Waals surface area (Å²) in [6.45, 7) is 2.92. The number of amides is 1. The van der Waals surface area contributed by atoms with Crippen LogP contribution in [0.1, 0.15) is 36.7 Å². The molecule has 104 valence electrons. The van der Waals surface area contributed by atoms with Gasteiger partial charge in [0.15, 0.2) is 0 Å². The Morgan fingerprint density at radius 3 is 2.79 bits per heavy atom. The van der Waals surface area contributed by atoms with Gasteiger partial charge in [0.25, 0.3) is 11.5 Å². The Labute approximate surface area is 111 Å². The summed E-state index contributed by atoms with van der Waals surface area (Å²) >= 11 is 0. The fourth-order valence-corrected chi connectivity index (χ4v) is 2.24. The molecule has 1 aromatic heterocycles. The minimum Gasteiger partial charge on any atom is -0.390 e. The predicted molar refractivity (Wildman–Crippen MR) is 69.9 cm³/mol. The van der Waals surface area contributed by atoms with E-state index in [1.165, 1.54) is 19.2 Å². The minimum absolute atomic E-state index is 0.187. The highest BCUT2D eigenvalue weighted by atomic mass is 16.3. The van der Waals surface area contributed by atoms with Crippen LogP contribution < -0.4 is 5.56 Å². The Bertz CT molecular complexity index is 536. The zero-order valence-corrected chi connectivity index (χ0v) is 11.3. The second kappa shape index (κ2) is 5.13. The van der Waals surface area contributed by atoms with Crippen LogP contribution in [-0.2, 0) is 7.05 Å². The van der Waals surface area contributed by atoms with E-state index in [0.29, 0.717) is 25.9 Å². The minimum atomic E-state index is -0.702. The van der Waals surface area contributed by atoms with Crippen LogP contribution in [0.2, 0.25) is 0 Å². The molecule has 0 aromatic carbocycles. The van der Waals surface area contributed by atoms with Gasteiger partial charge in [0, 0.05) is 26.2 Å². The van der Waals surface area contributed by atoms with Crippen LogP contribution in [0.3, 0.4) is 0 Å². The van der Waals surface area contributed by atoms with Crippen molar-refractivity contribution in [1.29, 1.82) is 0 Å². The number of carbonyl (C=O) groups excluding carboxylic acids is 1. The van der Waals surface area contributed by atoms with E-state index in [1.54, 1.807) is 11.8 Å². The Balaban J connectivity index is 2.15. The average Bonchev–Trinajstić information content (AvgIpc) is 2.53. The molecule has 6 nitrogen and oxygen atoms in total. The molecule has 0 spiro atoms. The van der Waals surface area contributed by atoms with Gasteiger partial charge in [-0.2, -0.15) is 5.10 Å². The van der Waals surface area contributed by atoms with Crippen molar-refractivity contribution in [2.45, 2.75) is 31.8 Å². The molecule has 1 aliphatic rings. The molecule has 19 heavy (non-hydrogen) atoms. The first-order valence-electron chi connectivity index (χ1n) is 6.45. The van der Waals surface area contributed by atoms with E-state index in [9.17, 15) is 14.7 Å². The van der Waals surface area contributed by atoms with Crippen molar-refractivity contribution in [3.63, 3.8) is 0 Å². The largest absolute Gasteiger partial charge is 0.390 e. The van der Waals surface area contributed by atoms with Crippen molar-refractivity contribution >= 4 is 5.91 Å². The number of aliphatic hydroxyl groups is 1. The number of rotatable bonds is 1. The van der Waals surface area contributed by atoms with Gasteiger partial charge in [-0.1, -0.05) is 0 Å². The molecule has 1 N–H and O–H groups in total. The van der Waals surface area contributed by atoms with Gasteiger partial charge >= 0.3 is 0 Å². The SMILES string of the molecule is Cn1nc(C(=O)N2CCCC(C)(O)CC2)ccc1=O. The van der Waals surface area contributed by atoms with Crippen molar-refractivity contribution in [3.05, 3.63) is 28.2 Å². The summed E-state index contributed by atoms with van der Waals surface area (Å²) in [5.41, 5.74) is -0.676. The summed E-state index contributed by atoms with van der Waals surface area (Å²) in [5.74, 6) is -0.187. The maximum atomic E-state index is 12.3. The molecule has 1 fully saturated rings. The number of hydrogen-bond acceptors (Lipinski definition) is 4. The molecule has 0 radical (unpaired) electrons. The van der Waals surface area contributed by atoms with E-state index < -0.39 is 5.60 Å². The number of aryl methyl sites for hydroxylation is 1. The third-order valence-electron chi connectivity index (χ3n) is 3.53. The Kier molecular flexibility index (Phi) is 3.71. The zero-order chi connectivity index (χ0) is 14.0. The standard InChI is InChI=1S/C13H19N3O3/c1-13(19)6-3-8-16(9-7-13)12(18)10-4-5-11(17)15(2)14-10/h4-5,19H,3,6-9H2,1-2H3. The molecule has 1 amide bonds. The lowest BCUT2D eigenvalue weighted by atomic mass is 9.98. The average molecular weight is 265 g/mol.